The highest BCUT2D eigenvalue weighted by Gasteiger charge is 2.17. The Hall–Kier alpha value is -1.37. The van der Waals surface area contributed by atoms with Gasteiger partial charge in [-0.05, 0) is 30.4 Å². The number of nitrogens with one attached hydrogen (secondary N) is 1. The standard InChI is InChI=1S/C12H16BNO4/c15-12(14-8-11-5-2-6-18-11)9-3-1-4-10(7-9)13(16)17/h1,3-4,7,11,16-17H,2,5-6,8H2,(H,14,15)/t11-/m1/s1. The molecule has 2 rings (SSSR count). The van der Waals surface area contributed by atoms with Crippen molar-refractivity contribution >= 4 is 18.5 Å². The van der Waals surface area contributed by atoms with Crippen LogP contribution in [-0.2, 0) is 4.74 Å². The van der Waals surface area contributed by atoms with E-state index in [1.165, 1.54) is 6.07 Å². The second-order valence-corrected chi connectivity index (χ2v) is 4.34. The Morgan fingerprint density at radius 3 is 3.00 bits per heavy atom. The SMILES string of the molecule is O=C(NC[C@H]1CCCO1)c1cccc(B(O)O)c1. The summed E-state index contributed by atoms with van der Waals surface area (Å²) in [5.74, 6) is -0.229. The zero-order valence-corrected chi connectivity index (χ0v) is 10.0. The van der Waals surface area contributed by atoms with Crippen LogP contribution in [0.3, 0.4) is 0 Å². The summed E-state index contributed by atoms with van der Waals surface area (Å²) in [5.41, 5.74) is 0.721. The molecule has 0 saturated carbocycles. The monoisotopic (exact) mass is 249 g/mol. The van der Waals surface area contributed by atoms with Crippen LogP contribution in [-0.4, -0.2) is 42.3 Å². The second kappa shape index (κ2) is 5.99. The number of rotatable bonds is 4. The van der Waals surface area contributed by atoms with Gasteiger partial charge in [0.15, 0.2) is 0 Å². The summed E-state index contributed by atoms with van der Waals surface area (Å²) in [5, 5.41) is 20.9. The van der Waals surface area contributed by atoms with Gasteiger partial charge in [-0.1, -0.05) is 12.1 Å². The van der Waals surface area contributed by atoms with Gasteiger partial charge in [0.1, 0.15) is 0 Å². The Labute approximate surface area is 106 Å². The predicted octanol–water partition coefficient (Wildman–Crippen LogP) is -0.725. The molecule has 1 atom stereocenters. The van der Waals surface area contributed by atoms with E-state index in [0.717, 1.165) is 19.4 Å². The molecule has 0 aromatic heterocycles. The van der Waals surface area contributed by atoms with E-state index in [1.54, 1.807) is 18.2 Å². The van der Waals surface area contributed by atoms with Crippen molar-refractivity contribution in [1.82, 2.24) is 5.32 Å². The van der Waals surface area contributed by atoms with Gasteiger partial charge in [0.25, 0.3) is 5.91 Å². The van der Waals surface area contributed by atoms with Crippen molar-refractivity contribution in [3.05, 3.63) is 29.8 Å². The molecule has 1 fully saturated rings. The van der Waals surface area contributed by atoms with Crippen molar-refractivity contribution < 1.29 is 19.6 Å². The minimum Gasteiger partial charge on any atom is -0.423 e. The van der Waals surface area contributed by atoms with Crippen molar-refractivity contribution in [2.24, 2.45) is 0 Å². The molecule has 1 saturated heterocycles. The van der Waals surface area contributed by atoms with Crippen LogP contribution in [0.5, 0.6) is 0 Å². The molecule has 5 nitrogen and oxygen atoms in total. The molecule has 0 radical (unpaired) electrons. The first-order chi connectivity index (χ1) is 8.66. The van der Waals surface area contributed by atoms with E-state index in [1.807, 2.05) is 0 Å². The van der Waals surface area contributed by atoms with Crippen molar-refractivity contribution in [2.45, 2.75) is 18.9 Å². The molecule has 0 aliphatic carbocycles. The zero-order chi connectivity index (χ0) is 13.0. The van der Waals surface area contributed by atoms with E-state index in [0.29, 0.717) is 17.6 Å². The Kier molecular flexibility index (Phi) is 4.35. The number of ether oxygens (including phenoxy) is 1. The van der Waals surface area contributed by atoms with Crippen molar-refractivity contribution in [3.8, 4) is 0 Å². The van der Waals surface area contributed by atoms with Crippen LogP contribution in [0, 0.1) is 0 Å². The van der Waals surface area contributed by atoms with E-state index >= 15 is 0 Å². The predicted molar refractivity (Wildman–Crippen MR) is 67.6 cm³/mol. The maximum atomic E-state index is 11.8. The Morgan fingerprint density at radius 2 is 2.33 bits per heavy atom. The molecular weight excluding hydrogens is 233 g/mol. The van der Waals surface area contributed by atoms with Gasteiger partial charge in [0.05, 0.1) is 6.10 Å². The lowest BCUT2D eigenvalue weighted by Gasteiger charge is -2.11. The second-order valence-electron chi connectivity index (χ2n) is 4.34. The van der Waals surface area contributed by atoms with E-state index in [2.05, 4.69) is 5.32 Å². The fourth-order valence-electron chi connectivity index (χ4n) is 1.95. The molecule has 0 bridgehead atoms. The molecule has 0 unspecified atom stereocenters. The van der Waals surface area contributed by atoms with Crippen LogP contribution in [0.1, 0.15) is 23.2 Å². The van der Waals surface area contributed by atoms with Crippen LogP contribution >= 0.6 is 0 Å². The van der Waals surface area contributed by atoms with Gasteiger partial charge in [-0.3, -0.25) is 4.79 Å². The minimum atomic E-state index is -1.56. The summed E-state index contributed by atoms with van der Waals surface area (Å²) in [7, 11) is -1.56. The lowest BCUT2D eigenvalue weighted by Crippen LogP contribution is -2.34. The Balaban J connectivity index is 1.93. The lowest BCUT2D eigenvalue weighted by molar-refractivity contribution is 0.0858. The van der Waals surface area contributed by atoms with Gasteiger partial charge in [-0.2, -0.15) is 0 Å². The summed E-state index contributed by atoms with van der Waals surface area (Å²) in [6, 6.07) is 6.28. The van der Waals surface area contributed by atoms with Gasteiger partial charge in [-0.25, -0.2) is 0 Å². The first-order valence-corrected chi connectivity index (χ1v) is 6.02. The molecule has 0 spiro atoms. The Morgan fingerprint density at radius 1 is 1.50 bits per heavy atom. The minimum absolute atomic E-state index is 0.0977. The zero-order valence-electron chi connectivity index (χ0n) is 10.0. The molecule has 3 N–H and O–H groups in total. The maximum absolute atomic E-state index is 11.8. The molecule has 18 heavy (non-hydrogen) atoms. The van der Waals surface area contributed by atoms with Crippen LogP contribution in [0.15, 0.2) is 24.3 Å². The fourth-order valence-corrected chi connectivity index (χ4v) is 1.95. The summed E-state index contributed by atoms with van der Waals surface area (Å²) in [6.07, 6.45) is 2.10. The normalized spacial score (nSPS) is 18.7. The van der Waals surface area contributed by atoms with Crippen molar-refractivity contribution in [2.75, 3.05) is 13.2 Å². The molecule has 1 aromatic carbocycles. The van der Waals surface area contributed by atoms with E-state index in [9.17, 15) is 4.79 Å². The summed E-state index contributed by atoms with van der Waals surface area (Å²) < 4.78 is 5.41. The number of benzene rings is 1. The van der Waals surface area contributed by atoms with E-state index in [4.69, 9.17) is 14.8 Å². The van der Waals surface area contributed by atoms with E-state index in [-0.39, 0.29) is 12.0 Å². The summed E-state index contributed by atoms with van der Waals surface area (Å²) in [4.78, 5) is 11.8. The maximum Gasteiger partial charge on any atom is 0.488 e. The molecule has 6 heteroatoms. The van der Waals surface area contributed by atoms with Crippen LogP contribution < -0.4 is 10.8 Å². The van der Waals surface area contributed by atoms with Crippen LogP contribution in [0.25, 0.3) is 0 Å². The highest BCUT2D eigenvalue weighted by Crippen LogP contribution is 2.10. The molecule has 1 heterocycles. The van der Waals surface area contributed by atoms with Crippen molar-refractivity contribution in [3.63, 3.8) is 0 Å². The first-order valence-electron chi connectivity index (χ1n) is 6.02. The smallest absolute Gasteiger partial charge is 0.423 e. The average molecular weight is 249 g/mol. The number of hydrogen-bond acceptors (Lipinski definition) is 4. The van der Waals surface area contributed by atoms with Crippen LogP contribution in [0.4, 0.5) is 0 Å². The largest absolute Gasteiger partial charge is 0.488 e. The Bertz CT molecular complexity index is 418. The molecule has 96 valence electrons. The molecule has 1 aromatic rings. The third-order valence-electron chi connectivity index (χ3n) is 2.96. The highest BCUT2D eigenvalue weighted by molar-refractivity contribution is 6.58. The van der Waals surface area contributed by atoms with Gasteiger partial charge in [0.2, 0.25) is 0 Å². The van der Waals surface area contributed by atoms with Gasteiger partial charge in [-0.15, -0.1) is 0 Å². The average Bonchev–Trinajstić information content (AvgIpc) is 2.89. The molecule has 1 aliphatic rings. The van der Waals surface area contributed by atoms with Gasteiger partial charge >= 0.3 is 7.12 Å². The topological polar surface area (TPSA) is 78.8 Å². The fraction of sp³-hybridized carbons (Fsp3) is 0.417. The van der Waals surface area contributed by atoms with Gasteiger partial charge < -0.3 is 20.1 Å². The molecule has 1 amide bonds. The quantitative estimate of drug-likeness (QED) is 0.615. The number of carbonyl (C=O) groups is 1. The number of carbonyl (C=O) groups excluding carboxylic acids is 1. The number of hydrogen-bond donors (Lipinski definition) is 3. The summed E-state index contributed by atoms with van der Waals surface area (Å²) in [6.45, 7) is 1.25. The molecular formula is C12H16BNO4. The summed E-state index contributed by atoms with van der Waals surface area (Å²) >= 11 is 0. The lowest BCUT2D eigenvalue weighted by atomic mass is 9.79. The third-order valence-corrected chi connectivity index (χ3v) is 2.96. The van der Waals surface area contributed by atoms with Crippen LogP contribution in [0.2, 0.25) is 0 Å². The highest BCUT2D eigenvalue weighted by atomic mass is 16.5. The van der Waals surface area contributed by atoms with Crippen molar-refractivity contribution in [1.29, 1.82) is 0 Å². The van der Waals surface area contributed by atoms with E-state index < -0.39 is 7.12 Å². The van der Waals surface area contributed by atoms with Gasteiger partial charge in [0, 0.05) is 18.7 Å². The first kappa shape index (κ1) is 13.1. The molecule has 1 aliphatic heterocycles. The third kappa shape index (κ3) is 3.32. The number of amides is 1.